The summed E-state index contributed by atoms with van der Waals surface area (Å²) in [7, 11) is 0. The highest BCUT2D eigenvalue weighted by atomic mass is 32.1. The van der Waals surface area contributed by atoms with Crippen LogP contribution < -0.4 is 5.32 Å². The molecule has 2 amide bonds. The second-order valence-corrected chi connectivity index (χ2v) is 8.22. The molecule has 0 atom stereocenters. The summed E-state index contributed by atoms with van der Waals surface area (Å²) in [5.41, 5.74) is 3.19. The number of hydrogen-bond acceptors (Lipinski definition) is 4. The minimum Gasteiger partial charge on any atom is -0.339 e. The molecule has 1 N–H and O–H groups in total. The lowest BCUT2D eigenvalue weighted by molar-refractivity contribution is -0.116. The van der Waals surface area contributed by atoms with Crippen LogP contribution in [0.15, 0.2) is 42.5 Å². The minimum absolute atomic E-state index is 0.0561. The van der Waals surface area contributed by atoms with Crippen molar-refractivity contribution in [3.63, 3.8) is 0 Å². The number of nitrogens with one attached hydrogen (secondary N) is 1. The Balaban J connectivity index is 1.41. The lowest BCUT2D eigenvalue weighted by atomic mass is 10.1. The first-order valence-electron chi connectivity index (χ1n) is 9.65. The van der Waals surface area contributed by atoms with Crippen molar-refractivity contribution < 1.29 is 9.59 Å². The van der Waals surface area contributed by atoms with Crippen molar-refractivity contribution in [1.29, 1.82) is 0 Å². The third kappa shape index (κ3) is 3.92. The summed E-state index contributed by atoms with van der Waals surface area (Å²) in [4.78, 5) is 31.6. The van der Waals surface area contributed by atoms with Crippen molar-refractivity contribution in [1.82, 2.24) is 9.88 Å². The van der Waals surface area contributed by atoms with Crippen LogP contribution in [-0.4, -0.2) is 34.8 Å². The number of aromatic nitrogens is 1. The first-order valence-corrected chi connectivity index (χ1v) is 10.5. The van der Waals surface area contributed by atoms with E-state index in [1.54, 1.807) is 11.3 Å². The zero-order chi connectivity index (χ0) is 19.5. The highest BCUT2D eigenvalue weighted by Gasteiger charge is 2.22. The smallest absolute Gasteiger partial charge is 0.254 e. The van der Waals surface area contributed by atoms with Crippen LogP contribution in [0.5, 0.6) is 0 Å². The Morgan fingerprint density at radius 2 is 1.89 bits per heavy atom. The molecule has 1 saturated heterocycles. The number of anilines is 1. The number of nitrogens with zero attached hydrogens (tertiary/aromatic N) is 2. The maximum atomic E-state index is 12.7. The summed E-state index contributed by atoms with van der Waals surface area (Å²) < 4.78 is 1.14. The number of rotatable bonds is 5. The van der Waals surface area contributed by atoms with Crippen LogP contribution in [0.4, 0.5) is 5.69 Å². The zero-order valence-electron chi connectivity index (χ0n) is 15.9. The Labute approximate surface area is 168 Å². The second-order valence-electron chi connectivity index (χ2n) is 7.10. The Bertz CT molecular complexity index is 989. The van der Waals surface area contributed by atoms with E-state index in [9.17, 15) is 9.59 Å². The van der Waals surface area contributed by atoms with E-state index in [0.717, 1.165) is 46.7 Å². The van der Waals surface area contributed by atoms with E-state index in [2.05, 4.69) is 10.3 Å². The Kier molecular flexibility index (Phi) is 5.39. The summed E-state index contributed by atoms with van der Waals surface area (Å²) in [5, 5.41) is 3.93. The van der Waals surface area contributed by atoms with Crippen molar-refractivity contribution in [3.05, 3.63) is 58.6 Å². The van der Waals surface area contributed by atoms with Gasteiger partial charge in [0, 0.05) is 37.2 Å². The van der Waals surface area contributed by atoms with E-state index < -0.39 is 0 Å². The van der Waals surface area contributed by atoms with Crippen LogP contribution >= 0.6 is 11.3 Å². The summed E-state index contributed by atoms with van der Waals surface area (Å²) in [6, 6.07) is 13.5. The van der Waals surface area contributed by atoms with Crippen LogP contribution in [0.25, 0.3) is 10.2 Å². The van der Waals surface area contributed by atoms with Gasteiger partial charge >= 0.3 is 0 Å². The van der Waals surface area contributed by atoms with E-state index in [1.165, 1.54) is 0 Å². The number of carbonyl (C=O) groups is 2. The normalized spacial score (nSPS) is 13.8. The fraction of sp³-hybridized carbons (Fsp3) is 0.318. The van der Waals surface area contributed by atoms with Gasteiger partial charge in [0.25, 0.3) is 5.91 Å². The average Bonchev–Trinajstić information content (AvgIpc) is 3.37. The molecule has 3 aromatic rings. The van der Waals surface area contributed by atoms with Crippen molar-refractivity contribution in [2.75, 3.05) is 18.4 Å². The molecule has 2 heterocycles. The van der Waals surface area contributed by atoms with Gasteiger partial charge in [0.2, 0.25) is 5.91 Å². The molecule has 4 rings (SSSR count). The fourth-order valence-electron chi connectivity index (χ4n) is 3.55. The maximum Gasteiger partial charge on any atom is 0.254 e. The van der Waals surface area contributed by atoms with Gasteiger partial charge in [-0.25, -0.2) is 4.98 Å². The van der Waals surface area contributed by atoms with Gasteiger partial charge in [-0.2, -0.15) is 0 Å². The van der Waals surface area contributed by atoms with Crippen molar-refractivity contribution in [3.8, 4) is 0 Å². The van der Waals surface area contributed by atoms with Crippen molar-refractivity contribution >= 4 is 39.1 Å². The predicted molar refractivity (Wildman–Crippen MR) is 113 cm³/mol. The minimum atomic E-state index is -0.0619. The molecule has 0 saturated carbocycles. The molecule has 144 valence electrons. The molecule has 0 bridgehead atoms. The predicted octanol–water partition coefficient (Wildman–Crippen LogP) is 4.41. The number of likely N-dealkylation sites (tertiary alicyclic amines) is 1. The third-order valence-corrected chi connectivity index (χ3v) is 6.23. The van der Waals surface area contributed by atoms with Gasteiger partial charge in [0.15, 0.2) is 0 Å². The number of aryl methyl sites for hydroxylation is 1. The van der Waals surface area contributed by atoms with E-state index in [-0.39, 0.29) is 11.8 Å². The van der Waals surface area contributed by atoms with Gasteiger partial charge in [-0.1, -0.05) is 18.2 Å². The Hall–Kier alpha value is -2.73. The summed E-state index contributed by atoms with van der Waals surface area (Å²) in [5.74, 6) is -0.00583. The lowest BCUT2D eigenvalue weighted by Gasteiger charge is -2.18. The van der Waals surface area contributed by atoms with Gasteiger partial charge in [-0.15, -0.1) is 11.3 Å². The lowest BCUT2D eigenvalue weighted by Crippen LogP contribution is -2.28. The molecule has 1 aliphatic rings. The van der Waals surface area contributed by atoms with Crippen molar-refractivity contribution in [2.45, 2.75) is 32.6 Å². The second kappa shape index (κ2) is 8.10. The molecule has 0 radical (unpaired) electrons. The molecule has 0 aliphatic carbocycles. The highest BCUT2D eigenvalue weighted by Crippen LogP contribution is 2.24. The molecule has 1 fully saturated rings. The first kappa shape index (κ1) is 18.6. The molecule has 5 nitrogen and oxygen atoms in total. The molecule has 0 unspecified atom stereocenters. The zero-order valence-corrected chi connectivity index (χ0v) is 16.7. The van der Waals surface area contributed by atoms with E-state index >= 15 is 0 Å². The quantitative estimate of drug-likeness (QED) is 0.698. The Morgan fingerprint density at radius 1 is 1.11 bits per heavy atom. The van der Waals surface area contributed by atoms with Gasteiger partial charge < -0.3 is 10.2 Å². The number of hydrogen-bond donors (Lipinski definition) is 1. The van der Waals surface area contributed by atoms with Crippen LogP contribution in [0.3, 0.4) is 0 Å². The summed E-state index contributed by atoms with van der Waals surface area (Å²) in [6.45, 7) is 3.53. The first-order chi connectivity index (χ1) is 13.6. The SMILES string of the molecule is Cc1c(NC(=O)CCc2nc3ccccc3s2)cccc1C(=O)N1CCCC1. The fourth-order valence-corrected chi connectivity index (χ4v) is 4.52. The van der Waals surface area contributed by atoms with Crippen LogP contribution in [-0.2, 0) is 11.2 Å². The molecule has 1 aliphatic heterocycles. The molecule has 0 spiro atoms. The highest BCUT2D eigenvalue weighted by molar-refractivity contribution is 7.18. The maximum absolute atomic E-state index is 12.7. The molecule has 2 aromatic carbocycles. The van der Waals surface area contributed by atoms with E-state index in [0.29, 0.717) is 24.1 Å². The standard InChI is InChI=1S/C22H23N3O2S/c1-15-16(22(27)25-13-4-5-14-25)7-6-9-17(15)23-20(26)11-12-21-24-18-8-2-3-10-19(18)28-21/h2-3,6-10H,4-5,11-14H2,1H3,(H,23,26). The molecular formula is C22H23N3O2S. The number of amides is 2. The molecular weight excluding hydrogens is 370 g/mol. The van der Waals surface area contributed by atoms with Crippen LogP contribution in [0.1, 0.15) is 40.2 Å². The van der Waals surface area contributed by atoms with Gasteiger partial charge in [0.05, 0.1) is 15.2 Å². The van der Waals surface area contributed by atoms with Crippen LogP contribution in [0, 0.1) is 6.92 Å². The average molecular weight is 394 g/mol. The van der Waals surface area contributed by atoms with E-state index in [4.69, 9.17) is 0 Å². The number of thiazole rings is 1. The van der Waals surface area contributed by atoms with E-state index in [1.807, 2.05) is 54.3 Å². The van der Waals surface area contributed by atoms with Gasteiger partial charge in [-0.05, 0) is 49.6 Å². The van der Waals surface area contributed by atoms with Crippen LogP contribution in [0.2, 0.25) is 0 Å². The largest absolute Gasteiger partial charge is 0.339 e. The molecule has 28 heavy (non-hydrogen) atoms. The number of carbonyl (C=O) groups excluding carboxylic acids is 2. The van der Waals surface area contributed by atoms with Gasteiger partial charge in [-0.3, -0.25) is 9.59 Å². The number of para-hydroxylation sites is 1. The summed E-state index contributed by atoms with van der Waals surface area (Å²) >= 11 is 1.63. The molecule has 1 aromatic heterocycles. The Morgan fingerprint density at radius 3 is 2.68 bits per heavy atom. The molecule has 6 heteroatoms. The van der Waals surface area contributed by atoms with Crippen molar-refractivity contribution in [2.24, 2.45) is 0 Å². The topological polar surface area (TPSA) is 62.3 Å². The number of benzene rings is 2. The third-order valence-electron chi connectivity index (χ3n) is 5.14. The number of fused-ring (bicyclic) bond motifs is 1. The van der Waals surface area contributed by atoms with Gasteiger partial charge in [0.1, 0.15) is 0 Å². The summed E-state index contributed by atoms with van der Waals surface area (Å²) in [6.07, 6.45) is 3.10. The monoisotopic (exact) mass is 393 g/mol.